The number of carbonyl (C=O) groups is 2. The molecule has 0 aromatic heterocycles. The second-order valence-electron chi connectivity index (χ2n) is 3.91. The number of amides is 2. The fourth-order valence-corrected chi connectivity index (χ4v) is 1.92. The van der Waals surface area contributed by atoms with Crippen LogP contribution < -0.4 is 16.4 Å². The maximum absolute atomic E-state index is 11.9. The van der Waals surface area contributed by atoms with Crippen LogP contribution in [0.15, 0.2) is 16.6 Å². The van der Waals surface area contributed by atoms with E-state index in [4.69, 9.17) is 5.73 Å². The molecule has 0 bridgehead atoms. The lowest BCUT2D eigenvalue weighted by atomic mass is 10.1. The number of anilines is 1. The summed E-state index contributed by atoms with van der Waals surface area (Å²) >= 11 is 3.30. The lowest BCUT2D eigenvalue weighted by molar-refractivity contribution is -0.118. The van der Waals surface area contributed by atoms with Crippen molar-refractivity contribution < 1.29 is 9.59 Å². The number of hydrogen-bond donors (Lipinski definition) is 3. The van der Waals surface area contributed by atoms with Crippen molar-refractivity contribution in [1.29, 1.82) is 0 Å². The summed E-state index contributed by atoms with van der Waals surface area (Å²) in [5.74, 6) is -0.321. The highest BCUT2D eigenvalue weighted by atomic mass is 79.9. The molecule has 5 nitrogen and oxygen atoms in total. The fraction of sp³-hybridized carbons (Fsp3) is 0.333. The number of halogens is 1. The number of rotatable bonds is 4. The maximum atomic E-state index is 11.9. The van der Waals surface area contributed by atoms with Crippen LogP contribution in [0.5, 0.6) is 0 Å². The van der Waals surface area contributed by atoms with Gasteiger partial charge in [-0.05, 0) is 24.6 Å². The number of hydrogen-bond acceptors (Lipinski definition) is 3. The second kappa shape index (κ2) is 6.39. The standard InChI is InChI=1S/C12H16BrN3O2/c1-7-10(5-9(13)6-11(7)14)12(18)16-4-3-15-8(2)17/h5-6H,3-4,14H2,1-2H3,(H,15,17)(H,16,18). The van der Waals surface area contributed by atoms with E-state index in [1.165, 1.54) is 6.92 Å². The van der Waals surface area contributed by atoms with Gasteiger partial charge in [0.15, 0.2) is 0 Å². The van der Waals surface area contributed by atoms with E-state index in [1.54, 1.807) is 19.1 Å². The van der Waals surface area contributed by atoms with Gasteiger partial charge in [-0.2, -0.15) is 0 Å². The van der Waals surface area contributed by atoms with E-state index in [1.807, 2.05) is 0 Å². The topological polar surface area (TPSA) is 84.2 Å². The minimum Gasteiger partial charge on any atom is -0.398 e. The van der Waals surface area contributed by atoms with Crippen LogP contribution in [-0.4, -0.2) is 24.9 Å². The Hall–Kier alpha value is -1.56. The molecule has 1 rings (SSSR count). The lowest BCUT2D eigenvalue weighted by Crippen LogP contribution is -2.34. The summed E-state index contributed by atoms with van der Waals surface area (Å²) in [6, 6.07) is 3.48. The van der Waals surface area contributed by atoms with Crippen molar-refractivity contribution in [3.8, 4) is 0 Å². The number of benzene rings is 1. The largest absolute Gasteiger partial charge is 0.398 e. The number of carbonyl (C=O) groups excluding carboxylic acids is 2. The van der Waals surface area contributed by atoms with Crippen LogP contribution in [0, 0.1) is 6.92 Å². The van der Waals surface area contributed by atoms with Crippen LogP contribution >= 0.6 is 15.9 Å². The first-order chi connectivity index (χ1) is 8.41. The zero-order chi connectivity index (χ0) is 13.7. The zero-order valence-electron chi connectivity index (χ0n) is 10.3. The Labute approximate surface area is 114 Å². The normalized spacial score (nSPS) is 9.94. The molecule has 0 saturated carbocycles. The molecule has 18 heavy (non-hydrogen) atoms. The molecule has 0 saturated heterocycles. The van der Waals surface area contributed by atoms with Crippen molar-refractivity contribution in [2.24, 2.45) is 0 Å². The summed E-state index contributed by atoms with van der Waals surface area (Å²) in [5.41, 5.74) is 7.63. The minimum absolute atomic E-state index is 0.118. The summed E-state index contributed by atoms with van der Waals surface area (Å²) < 4.78 is 0.762. The van der Waals surface area contributed by atoms with Crippen molar-refractivity contribution >= 4 is 33.4 Å². The summed E-state index contributed by atoms with van der Waals surface area (Å²) in [7, 11) is 0. The monoisotopic (exact) mass is 313 g/mol. The van der Waals surface area contributed by atoms with E-state index in [0.29, 0.717) is 24.3 Å². The molecular formula is C12H16BrN3O2. The number of nitrogens with two attached hydrogens (primary N) is 1. The van der Waals surface area contributed by atoms with Gasteiger partial charge in [-0.1, -0.05) is 15.9 Å². The first-order valence-electron chi connectivity index (χ1n) is 5.50. The van der Waals surface area contributed by atoms with Gasteiger partial charge in [0, 0.05) is 35.7 Å². The van der Waals surface area contributed by atoms with Gasteiger partial charge < -0.3 is 16.4 Å². The van der Waals surface area contributed by atoms with Gasteiger partial charge in [-0.15, -0.1) is 0 Å². The molecule has 0 fully saturated rings. The molecular weight excluding hydrogens is 298 g/mol. The van der Waals surface area contributed by atoms with E-state index >= 15 is 0 Å². The minimum atomic E-state index is -0.203. The van der Waals surface area contributed by atoms with Crippen LogP contribution in [0.25, 0.3) is 0 Å². The van der Waals surface area contributed by atoms with Crippen molar-refractivity contribution in [2.75, 3.05) is 18.8 Å². The van der Waals surface area contributed by atoms with Gasteiger partial charge in [-0.25, -0.2) is 0 Å². The van der Waals surface area contributed by atoms with E-state index in [-0.39, 0.29) is 11.8 Å². The molecule has 0 aliphatic heterocycles. The molecule has 98 valence electrons. The third-order valence-corrected chi connectivity index (χ3v) is 2.90. The Kier molecular flexibility index (Phi) is 5.15. The average Bonchev–Trinajstić information content (AvgIpc) is 2.28. The highest BCUT2D eigenvalue weighted by Gasteiger charge is 2.11. The summed E-state index contributed by atoms with van der Waals surface area (Å²) in [6.45, 7) is 4.01. The Bertz CT molecular complexity index is 475. The Morgan fingerprint density at radius 1 is 1.28 bits per heavy atom. The van der Waals surface area contributed by atoms with E-state index in [2.05, 4.69) is 26.6 Å². The third-order valence-electron chi connectivity index (χ3n) is 2.44. The van der Waals surface area contributed by atoms with Gasteiger partial charge in [0.25, 0.3) is 5.91 Å². The van der Waals surface area contributed by atoms with E-state index < -0.39 is 0 Å². The number of nitrogens with one attached hydrogen (secondary N) is 2. The molecule has 1 aromatic rings. The fourth-order valence-electron chi connectivity index (χ4n) is 1.45. The smallest absolute Gasteiger partial charge is 0.251 e. The molecule has 0 aliphatic rings. The van der Waals surface area contributed by atoms with Crippen molar-refractivity contribution in [1.82, 2.24) is 10.6 Å². The number of nitrogen functional groups attached to an aromatic ring is 1. The predicted molar refractivity (Wildman–Crippen MR) is 74.3 cm³/mol. The second-order valence-corrected chi connectivity index (χ2v) is 4.82. The Morgan fingerprint density at radius 3 is 2.50 bits per heavy atom. The van der Waals surface area contributed by atoms with Crippen LogP contribution in [0.2, 0.25) is 0 Å². The summed E-state index contributed by atoms with van der Waals surface area (Å²) in [4.78, 5) is 22.6. The summed E-state index contributed by atoms with van der Waals surface area (Å²) in [6.07, 6.45) is 0. The zero-order valence-corrected chi connectivity index (χ0v) is 11.9. The summed E-state index contributed by atoms with van der Waals surface area (Å²) in [5, 5.41) is 5.32. The molecule has 1 aromatic carbocycles. The highest BCUT2D eigenvalue weighted by Crippen LogP contribution is 2.22. The SMILES string of the molecule is CC(=O)NCCNC(=O)c1cc(Br)cc(N)c1C. The lowest BCUT2D eigenvalue weighted by Gasteiger charge is -2.10. The van der Waals surface area contributed by atoms with Gasteiger partial charge in [0.2, 0.25) is 5.91 Å². The first-order valence-corrected chi connectivity index (χ1v) is 6.29. The predicted octanol–water partition coefficient (Wildman–Crippen LogP) is 1.21. The third kappa shape index (κ3) is 4.03. The van der Waals surface area contributed by atoms with Gasteiger partial charge in [0.1, 0.15) is 0 Å². The molecule has 2 amide bonds. The van der Waals surface area contributed by atoms with Gasteiger partial charge in [0.05, 0.1) is 0 Å². The Morgan fingerprint density at radius 2 is 1.89 bits per heavy atom. The Balaban J connectivity index is 2.64. The van der Waals surface area contributed by atoms with Crippen molar-refractivity contribution in [3.63, 3.8) is 0 Å². The van der Waals surface area contributed by atoms with Crippen LogP contribution in [-0.2, 0) is 4.79 Å². The average molecular weight is 314 g/mol. The van der Waals surface area contributed by atoms with Crippen LogP contribution in [0.1, 0.15) is 22.8 Å². The van der Waals surface area contributed by atoms with Crippen molar-refractivity contribution in [3.05, 3.63) is 27.7 Å². The molecule has 0 atom stereocenters. The maximum Gasteiger partial charge on any atom is 0.251 e. The molecule has 0 heterocycles. The van der Waals surface area contributed by atoms with Crippen molar-refractivity contribution in [2.45, 2.75) is 13.8 Å². The first kappa shape index (κ1) is 14.5. The highest BCUT2D eigenvalue weighted by molar-refractivity contribution is 9.10. The van der Waals surface area contributed by atoms with E-state index in [9.17, 15) is 9.59 Å². The van der Waals surface area contributed by atoms with Crippen LogP contribution in [0.4, 0.5) is 5.69 Å². The molecule has 6 heteroatoms. The van der Waals surface area contributed by atoms with E-state index in [0.717, 1.165) is 10.0 Å². The molecule has 0 unspecified atom stereocenters. The molecule has 0 radical (unpaired) electrons. The molecule has 4 N–H and O–H groups in total. The quantitative estimate of drug-likeness (QED) is 0.577. The van der Waals surface area contributed by atoms with Gasteiger partial charge >= 0.3 is 0 Å². The molecule has 0 aliphatic carbocycles. The van der Waals surface area contributed by atoms with Crippen LogP contribution in [0.3, 0.4) is 0 Å². The molecule has 0 spiro atoms. The van der Waals surface area contributed by atoms with Gasteiger partial charge in [-0.3, -0.25) is 9.59 Å².